The smallest absolute Gasteiger partial charge is 0.258 e. The predicted octanol–water partition coefficient (Wildman–Crippen LogP) is 4.29. The van der Waals surface area contributed by atoms with E-state index in [9.17, 15) is 4.79 Å². The number of benzene rings is 1. The van der Waals surface area contributed by atoms with Crippen molar-refractivity contribution < 1.29 is 9.53 Å². The first kappa shape index (κ1) is 15.9. The van der Waals surface area contributed by atoms with Crippen LogP contribution in [0.4, 0.5) is 0 Å². The third-order valence-corrected chi connectivity index (χ3v) is 4.22. The van der Waals surface area contributed by atoms with Crippen molar-refractivity contribution >= 4 is 28.8 Å². The maximum atomic E-state index is 12.0. The summed E-state index contributed by atoms with van der Waals surface area (Å²) in [6.07, 6.45) is 0. The molecule has 2 aromatic rings. The van der Waals surface area contributed by atoms with Crippen molar-refractivity contribution in [2.75, 3.05) is 6.61 Å². The van der Waals surface area contributed by atoms with E-state index in [2.05, 4.69) is 19.2 Å². The fraction of sp³-hybridized carbons (Fsp3) is 0.312. The topological polar surface area (TPSA) is 38.3 Å². The lowest BCUT2D eigenvalue weighted by Crippen LogP contribution is -2.34. The molecule has 0 aliphatic heterocycles. The van der Waals surface area contributed by atoms with Crippen molar-refractivity contribution in [3.63, 3.8) is 0 Å². The summed E-state index contributed by atoms with van der Waals surface area (Å²) in [6, 6.07) is 11.0. The van der Waals surface area contributed by atoms with E-state index in [1.54, 1.807) is 35.6 Å². The van der Waals surface area contributed by atoms with E-state index in [-0.39, 0.29) is 18.6 Å². The van der Waals surface area contributed by atoms with Gasteiger partial charge in [0.05, 0.1) is 6.04 Å². The van der Waals surface area contributed by atoms with Crippen LogP contribution in [0.1, 0.15) is 24.8 Å². The number of halogens is 1. The third-order valence-electron chi connectivity index (χ3n) is 3.02. The molecule has 1 heterocycles. The number of ether oxygens (including phenoxy) is 1. The zero-order valence-corrected chi connectivity index (χ0v) is 13.6. The first-order valence-electron chi connectivity index (χ1n) is 6.77. The molecular weight excluding hydrogens is 306 g/mol. The number of carbonyl (C=O) groups is 1. The average molecular weight is 324 g/mol. The van der Waals surface area contributed by atoms with Gasteiger partial charge in [0.15, 0.2) is 6.61 Å². The number of hydrogen-bond acceptors (Lipinski definition) is 3. The van der Waals surface area contributed by atoms with Gasteiger partial charge in [0, 0.05) is 9.90 Å². The summed E-state index contributed by atoms with van der Waals surface area (Å²) in [5.41, 5.74) is 0. The Hall–Kier alpha value is -1.52. The zero-order chi connectivity index (χ0) is 15.2. The van der Waals surface area contributed by atoms with Gasteiger partial charge >= 0.3 is 0 Å². The highest BCUT2D eigenvalue weighted by Gasteiger charge is 2.19. The van der Waals surface area contributed by atoms with Crippen LogP contribution in [0.25, 0.3) is 0 Å². The molecule has 0 aliphatic carbocycles. The minimum absolute atomic E-state index is 0.00374. The SMILES string of the molecule is CC(C)[C@@H](NC(=O)COc1ccc(Cl)cc1)c1cccs1. The van der Waals surface area contributed by atoms with E-state index in [0.717, 1.165) is 4.88 Å². The highest BCUT2D eigenvalue weighted by Crippen LogP contribution is 2.25. The number of carbonyl (C=O) groups excluding carboxylic acids is 1. The Morgan fingerprint density at radius 1 is 1.29 bits per heavy atom. The first-order chi connectivity index (χ1) is 10.1. The predicted molar refractivity (Wildman–Crippen MR) is 87.0 cm³/mol. The van der Waals surface area contributed by atoms with Crippen LogP contribution in [0.15, 0.2) is 41.8 Å². The standard InChI is InChI=1S/C16H18ClNO2S/c1-11(2)16(14-4-3-9-21-14)18-15(19)10-20-13-7-5-12(17)6-8-13/h3-9,11,16H,10H2,1-2H3,(H,18,19)/t16-/m1/s1. The summed E-state index contributed by atoms with van der Waals surface area (Å²) in [5, 5.41) is 5.68. The van der Waals surface area contributed by atoms with Crippen molar-refractivity contribution in [2.24, 2.45) is 5.92 Å². The first-order valence-corrected chi connectivity index (χ1v) is 8.03. The number of rotatable bonds is 6. The van der Waals surface area contributed by atoms with Crippen LogP contribution in [-0.4, -0.2) is 12.5 Å². The number of nitrogens with one attached hydrogen (secondary N) is 1. The van der Waals surface area contributed by atoms with Crippen molar-refractivity contribution in [3.8, 4) is 5.75 Å². The molecule has 1 atom stereocenters. The summed E-state index contributed by atoms with van der Waals surface area (Å²) in [6.45, 7) is 4.17. The minimum Gasteiger partial charge on any atom is -0.484 e. The van der Waals surface area contributed by atoms with Gasteiger partial charge in [0.2, 0.25) is 0 Å². The number of amides is 1. The van der Waals surface area contributed by atoms with Crippen LogP contribution in [0.2, 0.25) is 5.02 Å². The van der Waals surface area contributed by atoms with Crippen LogP contribution in [-0.2, 0) is 4.79 Å². The molecule has 0 radical (unpaired) electrons. The molecule has 21 heavy (non-hydrogen) atoms. The van der Waals surface area contributed by atoms with Crippen LogP contribution < -0.4 is 10.1 Å². The molecule has 1 amide bonds. The van der Waals surface area contributed by atoms with Crippen molar-refractivity contribution in [2.45, 2.75) is 19.9 Å². The van der Waals surface area contributed by atoms with Gasteiger partial charge < -0.3 is 10.1 Å². The molecule has 0 saturated carbocycles. The Labute approximate surface area is 133 Å². The summed E-state index contributed by atoms with van der Waals surface area (Å²) < 4.78 is 5.45. The lowest BCUT2D eigenvalue weighted by Gasteiger charge is -2.21. The summed E-state index contributed by atoms with van der Waals surface area (Å²) in [7, 11) is 0. The molecule has 0 aliphatic rings. The molecule has 0 spiro atoms. The maximum Gasteiger partial charge on any atom is 0.258 e. The fourth-order valence-electron chi connectivity index (χ4n) is 1.93. The van der Waals surface area contributed by atoms with Crippen molar-refractivity contribution in [3.05, 3.63) is 51.7 Å². The van der Waals surface area contributed by atoms with Gasteiger partial charge in [0.1, 0.15) is 5.75 Å². The summed E-state index contributed by atoms with van der Waals surface area (Å²) in [5.74, 6) is 0.826. The Morgan fingerprint density at radius 2 is 2.00 bits per heavy atom. The summed E-state index contributed by atoms with van der Waals surface area (Å²) in [4.78, 5) is 13.2. The molecule has 1 N–H and O–H groups in total. The minimum atomic E-state index is -0.128. The Bertz CT molecular complexity index is 566. The number of thiophene rings is 1. The monoisotopic (exact) mass is 323 g/mol. The molecule has 2 rings (SSSR count). The molecule has 1 aromatic heterocycles. The molecule has 0 fully saturated rings. The summed E-state index contributed by atoms with van der Waals surface area (Å²) >= 11 is 7.45. The molecule has 0 unspecified atom stereocenters. The molecule has 1 aromatic carbocycles. The quantitative estimate of drug-likeness (QED) is 0.861. The van der Waals surface area contributed by atoms with Gasteiger partial charge in [-0.3, -0.25) is 4.79 Å². The number of hydrogen-bond donors (Lipinski definition) is 1. The maximum absolute atomic E-state index is 12.0. The normalized spacial score (nSPS) is 12.2. The highest BCUT2D eigenvalue weighted by atomic mass is 35.5. The molecule has 3 nitrogen and oxygen atoms in total. The zero-order valence-electron chi connectivity index (χ0n) is 12.0. The fourth-order valence-corrected chi connectivity index (χ4v) is 3.00. The second kappa shape index (κ2) is 7.48. The molecule has 0 bridgehead atoms. The van der Waals surface area contributed by atoms with Crippen molar-refractivity contribution in [1.29, 1.82) is 0 Å². The van der Waals surface area contributed by atoms with Gasteiger partial charge in [0.25, 0.3) is 5.91 Å². The average Bonchev–Trinajstić information content (AvgIpc) is 2.97. The largest absolute Gasteiger partial charge is 0.484 e. The van der Waals surface area contributed by atoms with E-state index in [1.165, 1.54) is 0 Å². The van der Waals surface area contributed by atoms with Crippen LogP contribution in [0.5, 0.6) is 5.75 Å². The van der Waals surface area contributed by atoms with E-state index < -0.39 is 0 Å². The second-order valence-corrected chi connectivity index (χ2v) is 6.46. The van der Waals surface area contributed by atoms with Gasteiger partial charge in [-0.15, -0.1) is 11.3 Å². The van der Waals surface area contributed by atoms with E-state index >= 15 is 0 Å². The van der Waals surface area contributed by atoms with Crippen LogP contribution in [0.3, 0.4) is 0 Å². The van der Waals surface area contributed by atoms with E-state index in [4.69, 9.17) is 16.3 Å². The Morgan fingerprint density at radius 3 is 2.57 bits per heavy atom. The van der Waals surface area contributed by atoms with Gasteiger partial charge in [-0.2, -0.15) is 0 Å². The Kier molecular flexibility index (Phi) is 5.65. The second-order valence-electron chi connectivity index (χ2n) is 5.05. The Balaban J connectivity index is 1.89. The van der Waals surface area contributed by atoms with Gasteiger partial charge in [-0.25, -0.2) is 0 Å². The molecule has 5 heteroatoms. The van der Waals surface area contributed by atoms with E-state index in [1.807, 2.05) is 17.5 Å². The molecular formula is C16H18ClNO2S. The van der Waals surface area contributed by atoms with Crippen LogP contribution in [0, 0.1) is 5.92 Å². The molecule has 0 saturated heterocycles. The van der Waals surface area contributed by atoms with Crippen molar-refractivity contribution in [1.82, 2.24) is 5.32 Å². The molecule has 112 valence electrons. The van der Waals surface area contributed by atoms with Gasteiger partial charge in [-0.05, 0) is 41.6 Å². The highest BCUT2D eigenvalue weighted by molar-refractivity contribution is 7.10. The third kappa shape index (κ3) is 4.76. The van der Waals surface area contributed by atoms with Crippen LogP contribution >= 0.6 is 22.9 Å². The van der Waals surface area contributed by atoms with Gasteiger partial charge in [-0.1, -0.05) is 31.5 Å². The lowest BCUT2D eigenvalue weighted by atomic mass is 10.0. The lowest BCUT2D eigenvalue weighted by molar-refractivity contribution is -0.124. The van der Waals surface area contributed by atoms with E-state index in [0.29, 0.717) is 16.7 Å².